The molecule has 2 unspecified atom stereocenters. The van der Waals surface area contributed by atoms with E-state index in [0.29, 0.717) is 16.3 Å². The second-order valence-electron chi connectivity index (χ2n) is 6.75. The minimum absolute atomic E-state index is 0.145. The number of nitrogens with zero attached hydrogens (tertiary/aromatic N) is 3. The SMILES string of the molecule is CC(=O)N1CCC2c3c(Cl)nc(SCc4ccccc4C)nc3SC2C1. The van der Waals surface area contributed by atoms with Gasteiger partial charge < -0.3 is 4.90 Å². The molecule has 26 heavy (non-hydrogen) atoms. The van der Waals surface area contributed by atoms with E-state index in [4.69, 9.17) is 16.6 Å². The second-order valence-corrected chi connectivity index (χ2v) is 9.28. The van der Waals surface area contributed by atoms with Crippen LogP contribution in [0.5, 0.6) is 0 Å². The largest absolute Gasteiger partial charge is 0.342 e. The van der Waals surface area contributed by atoms with E-state index in [2.05, 4.69) is 36.2 Å². The van der Waals surface area contributed by atoms with Crippen molar-refractivity contribution in [3.63, 3.8) is 0 Å². The van der Waals surface area contributed by atoms with Gasteiger partial charge in [0.15, 0.2) is 5.16 Å². The molecule has 3 heterocycles. The number of rotatable bonds is 3. The molecule has 7 heteroatoms. The molecule has 1 saturated heterocycles. The molecule has 1 aromatic carbocycles. The molecule has 0 saturated carbocycles. The van der Waals surface area contributed by atoms with E-state index in [1.54, 1.807) is 30.4 Å². The van der Waals surface area contributed by atoms with Gasteiger partial charge in [-0.15, -0.1) is 11.8 Å². The number of carbonyl (C=O) groups excluding carboxylic acids is 1. The Kier molecular flexibility index (Phi) is 5.17. The summed E-state index contributed by atoms with van der Waals surface area (Å²) in [4.78, 5) is 23.0. The summed E-state index contributed by atoms with van der Waals surface area (Å²) in [7, 11) is 0. The van der Waals surface area contributed by atoms with Crippen LogP contribution in [-0.4, -0.2) is 39.1 Å². The van der Waals surface area contributed by atoms with Gasteiger partial charge in [0.25, 0.3) is 0 Å². The van der Waals surface area contributed by atoms with Crippen molar-refractivity contribution in [1.29, 1.82) is 0 Å². The Hall–Kier alpha value is -1.24. The van der Waals surface area contributed by atoms with Crippen molar-refractivity contribution >= 4 is 41.0 Å². The maximum absolute atomic E-state index is 11.7. The summed E-state index contributed by atoms with van der Waals surface area (Å²) in [5, 5.41) is 2.65. The fourth-order valence-corrected chi connectivity index (χ4v) is 6.47. The molecule has 4 rings (SSSR count). The Morgan fingerprint density at radius 2 is 2.19 bits per heavy atom. The third kappa shape index (κ3) is 3.47. The lowest BCUT2D eigenvalue weighted by molar-refractivity contribution is -0.129. The lowest BCUT2D eigenvalue weighted by Gasteiger charge is -2.33. The smallest absolute Gasteiger partial charge is 0.219 e. The van der Waals surface area contributed by atoms with Crippen LogP contribution in [0.4, 0.5) is 0 Å². The molecule has 1 fully saturated rings. The Morgan fingerprint density at radius 3 is 2.96 bits per heavy atom. The zero-order valence-electron chi connectivity index (χ0n) is 14.7. The molecule has 2 atom stereocenters. The highest BCUT2D eigenvalue weighted by Gasteiger charge is 2.41. The molecule has 1 amide bonds. The molecule has 0 aliphatic carbocycles. The molecule has 2 aliphatic heterocycles. The number of hydrogen-bond acceptors (Lipinski definition) is 5. The molecule has 1 aromatic heterocycles. The number of aryl methyl sites for hydroxylation is 1. The number of halogens is 1. The molecular formula is C19H20ClN3OS2. The second kappa shape index (κ2) is 7.41. The van der Waals surface area contributed by atoms with Crippen molar-refractivity contribution in [2.75, 3.05) is 13.1 Å². The van der Waals surface area contributed by atoms with Crippen molar-refractivity contribution in [2.45, 2.75) is 47.4 Å². The van der Waals surface area contributed by atoms with Gasteiger partial charge in [-0.25, -0.2) is 9.97 Å². The molecule has 0 radical (unpaired) electrons. The van der Waals surface area contributed by atoms with Crippen LogP contribution < -0.4 is 0 Å². The third-order valence-corrected chi connectivity index (χ3v) is 7.60. The minimum atomic E-state index is 0.145. The van der Waals surface area contributed by atoms with Crippen molar-refractivity contribution in [3.05, 3.63) is 46.1 Å². The normalized spacial score (nSPS) is 21.4. The summed E-state index contributed by atoms with van der Waals surface area (Å²) in [6, 6.07) is 8.36. The number of piperidine rings is 1. The first-order valence-electron chi connectivity index (χ1n) is 8.70. The molecule has 2 aromatic rings. The van der Waals surface area contributed by atoms with Crippen LogP contribution in [0.1, 0.15) is 36.0 Å². The Labute approximate surface area is 167 Å². The van der Waals surface area contributed by atoms with Gasteiger partial charge in [0, 0.05) is 42.5 Å². The molecule has 4 nitrogen and oxygen atoms in total. The number of fused-ring (bicyclic) bond motifs is 3. The van der Waals surface area contributed by atoms with Gasteiger partial charge in [-0.1, -0.05) is 47.6 Å². The maximum Gasteiger partial charge on any atom is 0.219 e. The zero-order valence-corrected chi connectivity index (χ0v) is 17.1. The zero-order chi connectivity index (χ0) is 18.3. The van der Waals surface area contributed by atoms with E-state index < -0.39 is 0 Å². The van der Waals surface area contributed by atoms with Crippen LogP contribution >= 0.6 is 35.1 Å². The minimum Gasteiger partial charge on any atom is -0.342 e. The van der Waals surface area contributed by atoms with E-state index in [-0.39, 0.29) is 5.91 Å². The number of carbonyl (C=O) groups is 1. The fraction of sp³-hybridized carbons (Fsp3) is 0.421. The standard InChI is InChI=1S/C19H20ClN3OS2/c1-11-5-3-4-6-13(11)10-25-19-21-17(20)16-14-7-8-23(12(2)24)9-15(14)26-18(16)22-19/h3-6,14-15H,7-10H2,1-2H3. The summed E-state index contributed by atoms with van der Waals surface area (Å²) in [5.74, 6) is 1.33. The lowest BCUT2D eigenvalue weighted by atomic mass is 9.91. The van der Waals surface area contributed by atoms with Crippen LogP contribution in [0.3, 0.4) is 0 Å². The van der Waals surface area contributed by atoms with Gasteiger partial charge in [0.1, 0.15) is 10.2 Å². The summed E-state index contributed by atoms with van der Waals surface area (Å²) >= 11 is 9.92. The number of benzene rings is 1. The number of aromatic nitrogens is 2. The van der Waals surface area contributed by atoms with Crippen molar-refractivity contribution < 1.29 is 4.79 Å². The van der Waals surface area contributed by atoms with Crippen molar-refractivity contribution in [3.8, 4) is 0 Å². The van der Waals surface area contributed by atoms with E-state index in [0.717, 1.165) is 41.0 Å². The number of thioether (sulfide) groups is 2. The molecule has 2 aliphatic rings. The average molecular weight is 406 g/mol. The van der Waals surface area contributed by atoms with Crippen molar-refractivity contribution in [1.82, 2.24) is 14.9 Å². The topological polar surface area (TPSA) is 46.1 Å². The molecule has 136 valence electrons. The number of likely N-dealkylation sites (tertiary alicyclic amines) is 1. The predicted octanol–water partition coefficient (Wildman–Crippen LogP) is 4.54. The highest BCUT2D eigenvalue weighted by molar-refractivity contribution is 8.00. The van der Waals surface area contributed by atoms with E-state index >= 15 is 0 Å². The first kappa shape index (κ1) is 18.1. The summed E-state index contributed by atoms with van der Waals surface area (Å²) in [6.07, 6.45) is 0.934. The summed E-state index contributed by atoms with van der Waals surface area (Å²) in [6.45, 7) is 5.31. The molecular weight excluding hydrogens is 386 g/mol. The lowest BCUT2D eigenvalue weighted by Crippen LogP contribution is -2.42. The first-order valence-corrected chi connectivity index (χ1v) is 10.9. The Morgan fingerprint density at radius 1 is 1.38 bits per heavy atom. The van der Waals surface area contributed by atoms with Crippen LogP contribution in [0.25, 0.3) is 0 Å². The van der Waals surface area contributed by atoms with Crippen LogP contribution in [0.2, 0.25) is 5.15 Å². The van der Waals surface area contributed by atoms with Crippen molar-refractivity contribution in [2.24, 2.45) is 0 Å². The highest BCUT2D eigenvalue weighted by Crippen LogP contribution is 2.50. The van der Waals surface area contributed by atoms with Gasteiger partial charge in [-0.3, -0.25) is 4.79 Å². The monoisotopic (exact) mass is 405 g/mol. The average Bonchev–Trinajstić information content (AvgIpc) is 2.98. The van der Waals surface area contributed by atoms with Crippen LogP contribution in [0.15, 0.2) is 34.4 Å². The van der Waals surface area contributed by atoms with Gasteiger partial charge in [0.05, 0.1) is 0 Å². The number of hydrogen-bond donors (Lipinski definition) is 0. The highest BCUT2D eigenvalue weighted by atomic mass is 35.5. The predicted molar refractivity (Wildman–Crippen MR) is 107 cm³/mol. The van der Waals surface area contributed by atoms with Gasteiger partial charge in [-0.05, 0) is 24.5 Å². The van der Waals surface area contributed by atoms with Crippen LogP contribution in [0, 0.1) is 6.92 Å². The van der Waals surface area contributed by atoms with E-state index in [1.165, 1.54) is 11.1 Å². The van der Waals surface area contributed by atoms with Gasteiger partial charge in [0.2, 0.25) is 5.91 Å². The molecule has 0 N–H and O–H groups in total. The third-order valence-electron chi connectivity index (χ3n) is 5.10. The molecule has 0 bridgehead atoms. The summed E-state index contributed by atoms with van der Waals surface area (Å²) < 4.78 is 0. The van der Waals surface area contributed by atoms with E-state index in [9.17, 15) is 4.79 Å². The summed E-state index contributed by atoms with van der Waals surface area (Å²) in [5.41, 5.74) is 3.65. The maximum atomic E-state index is 11.7. The Balaban J connectivity index is 1.52. The van der Waals surface area contributed by atoms with Crippen LogP contribution in [-0.2, 0) is 10.5 Å². The van der Waals surface area contributed by atoms with Gasteiger partial charge in [-0.2, -0.15) is 0 Å². The quantitative estimate of drug-likeness (QED) is 0.426. The molecule has 0 spiro atoms. The van der Waals surface area contributed by atoms with Gasteiger partial charge >= 0.3 is 0 Å². The fourth-order valence-electron chi connectivity index (χ4n) is 3.58. The first-order chi connectivity index (χ1) is 12.5. The van der Waals surface area contributed by atoms with E-state index in [1.807, 2.05) is 4.90 Å². The number of amides is 1. The Bertz CT molecular complexity index is 861.